The van der Waals surface area contributed by atoms with Crippen LogP contribution in [-0.4, -0.2) is 17.6 Å². The lowest BCUT2D eigenvalue weighted by molar-refractivity contribution is -0.119. The number of hydrogen-bond donors (Lipinski definition) is 4. The molecule has 0 aliphatic carbocycles. The highest BCUT2D eigenvalue weighted by atomic mass is 32.1. The van der Waals surface area contributed by atoms with E-state index in [9.17, 15) is 4.79 Å². The number of nitrogens with one attached hydrogen (secondary N) is 4. The second-order valence-corrected chi connectivity index (χ2v) is 5.81. The normalized spacial score (nSPS) is 9.92. The van der Waals surface area contributed by atoms with Crippen LogP contribution in [0, 0.1) is 6.92 Å². The van der Waals surface area contributed by atoms with Crippen molar-refractivity contribution < 1.29 is 4.79 Å². The minimum Gasteiger partial charge on any atom is -0.376 e. The van der Waals surface area contributed by atoms with Crippen LogP contribution < -0.4 is 21.5 Å². The fourth-order valence-electron chi connectivity index (χ4n) is 2.06. The van der Waals surface area contributed by atoms with E-state index in [0.717, 1.165) is 17.8 Å². The number of carbonyl (C=O) groups excluding carboxylic acids is 1. The summed E-state index contributed by atoms with van der Waals surface area (Å²) in [5.41, 5.74) is 9.43. The van der Waals surface area contributed by atoms with Crippen LogP contribution in [0.5, 0.6) is 0 Å². The van der Waals surface area contributed by atoms with Crippen LogP contribution in [0.1, 0.15) is 18.1 Å². The van der Waals surface area contributed by atoms with Gasteiger partial charge in [0.2, 0.25) is 0 Å². The van der Waals surface area contributed by atoms with Crippen molar-refractivity contribution in [1.29, 1.82) is 0 Å². The van der Waals surface area contributed by atoms with E-state index >= 15 is 0 Å². The third-order valence-electron chi connectivity index (χ3n) is 3.41. The van der Waals surface area contributed by atoms with E-state index in [1.165, 1.54) is 11.1 Å². The van der Waals surface area contributed by atoms with Crippen LogP contribution >= 0.6 is 12.2 Å². The molecule has 0 atom stereocenters. The predicted molar refractivity (Wildman–Crippen MR) is 103 cm³/mol. The number of rotatable bonds is 5. The molecule has 0 saturated carbocycles. The second kappa shape index (κ2) is 8.88. The molecule has 2 aromatic rings. The summed E-state index contributed by atoms with van der Waals surface area (Å²) in [4.78, 5) is 11.8. The Balaban J connectivity index is 1.72. The van der Waals surface area contributed by atoms with Crippen molar-refractivity contribution in [2.45, 2.75) is 20.3 Å². The van der Waals surface area contributed by atoms with Gasteiger partial charge < -0.3 is 10.6 Å². The summed E-state index contributed by atoms with van der Waals surface area (Å²) in [7, 11) is 0. The van der Waals surface area contributed by atoms with Crippen LogP contribution in [0.15, 0.2) is 48.5 Å². The van der Waals surface area contributed by atoms with Crippen molar-refractivity contribution in [2.75, 3.05) is 17.2 Å². The molecule has 5 nitrogen and oxygen atoms in total. The third kappa shape index (κ3) is 5.89. The van der Waals surface area contributed by atoms with Crippen molar-refractivity contribution in [3.8, 4) is 0 Å². The number of benzene rings is 2. The van der Waals surface area contributed by atoms with Gasteiger partial charge in [0.05, 0.1) is 6.54 Å². The van der Waals surface area contributed by atoms with E-state index in [4.69, 9.17) is 12.2 Å². The van der Waals surface area contributed by atoms with E-state index in [1.54, 1.807) is 0 Å². The minimum atomic E-state index is -0.206. The van der Waals surface area contributed by atoms with Gasteiger partial charge in [-0.2, -0.15) is 0 Å². The number of hydrogen-bond acceptors (Lipinski definition) is 3. The first kappa shape index (κ1) is 17.7. The van der Waals surface area contributed by atoms with E-state index < -0.39 is 0 Å². The van der Waals surface area contributed by atoms with Crippen molar-refractivity contribution in [3.05, 3.63) is 59.7 Å². The lowest BCUT2D eigenvalue weighted by atomic mass is 10.1. The van der Waals surface area contributed by atoms with Crippen LogP contribution in [-0.2, 0) is 11.2 Å². The van der Waals surface area contributed by atoms with Gasteiger partial charge in [-0.15, -0.1) is 0 Å². The first-order valence-electron chi connectivity index (χ1n) is 7.82. The number of hydrazine groups is 1. The molecule has 1 amide bonds. The van der Waals surface area contributed by atoms with Crippen molar-refractivity contribution in [1.82, 2.24) is 10.9 Å². The number of anilines is 2. The first-order valence-corrected chi connectivity index (χ1v) is 8.23. The largest absolute Gasteiger partial charge is 0.376 e. The minimum absolute atomic E-state index is 0.157. The molecule has 4 N–H and O–H groups in total. The molecular formula is C18H22N4OS. The molecule has 24 heavy (non-hydrogen) atoms. The van der Waals surface area contributed by atoms with Gasteiger partial charge in [0, 0.05) is 11.4 Å². The Hall–Kier alpha value is -2.60. The van der Waals surface area contributed by atoms with Gasteiger partial charge in [0.25, 0.3) is 5.91 Å². The third-order valence-corrected chi connectivity index (χ3v) is 3.62. The molecular weight excluding hydrogens is 320 g/mol. The summed E-state index contributed by atoms with van der Waals surface area (Å²) in [6.07, 6.45) is 0.955. The molecule has 2 aromatic carbocycles. The van der Waals surface area contributed by atoms with Crippen LogP contribution in [0.4, 0.5) is 11.4 Å². The monoisotopic (exact) mass is 342 g/mol. The smallest absolute Gasteiger partial charge is 0.257 e. The SMILES string of the molecule is CCc1cccc(NC(=S)NNC(=O)CNc2ccc(C)cc2)c1. The fraction of sp³-hybridized carbons (Fsp3) is 0.222. The molecule has 0 radical (unpaired) electrons. The average molecular weight is 342 g/mol. The zero-order chi connectivity index (χ0) is 17.4. The topological polar surface area (TPSA) is 65.2 Å². The zero-order valence-corrected chi connectivity index (χ0v) is 14.7. The molecule has 0 heterocycles. The van der Waals surface area contributed by atoms with Gasteiger partial charge in [0.15, 0.2) is 5.11 Å². The van der Waals surface area contributed by atoms with Crippen molar-refractivity contribution >= 4 is 34.6 Å². The Morgan fingerprint density at radius 1 is 1.04 bits per heavy atom. The standard InChI is InChI=1S/C18H22N4OS/c1-3-14-5-4-6-16(11-14)20-18(24)22-21-17(23)12-19-15-9-7-13(2)8-10-15/h4-11,19H,3,12H2,1-2H3,(H,21,23)(H2,20,22,24). The Morgan fingerprint density at radius 3 is 2.50 bits per heavy atom. The number of amides is 1. The molecule has 0 saturated heterocycles. The number of thiocarbonyl (C=S) groups is 1. The Labute approximate surface area is 147 Å². The summed E-state index contributed by atoms with van der Waals surface area (Å²) in [5, 5.41) is 6.42. The van der Waals surface area contributed by atoms with Gasteiger partial charge in [-0.05, 0) is 55.4 Å². The maximum absolute atomic E-state index is 11.8. The second-order valence-electron chi connectivity index (χ2n) is 5.40. The van der Waals surface area contributed by atoms with Crippen LogP contribution in [0.3, 0.4) is 0 Å². The van der Waals surface area contributed by atoms with Crippen LogP contribution in [0.2, 0.25) is 0 Å². The highest BCUT2D eigenvalue weighted by Crippen LogP contribution is 2.10. The highest BCUT2D eigenvalue weighted by Gasteiger charge is 2.03. The van der Waals surface area contributed by atoms with Gasteiger partial charge in [0.1, 0.15) is 0 Å². The summed E-state index contributed by atoms with van der Waals surface area (Å²) in [6, 6.07) is 15.8. The lowest BCUT2D eigenvalue weighted by Gasteiger charge is -2.13. The molecule has 0 aromatic heterocycles. The van der Waals surface area contributed by atoms with E-state index in [1.807, 2.05) is 49.4 Å². The summed E-state index contributed by atoms with van der Waals surface area (Å²) in [6.45, 7) is 4.27. The Bertz CT molecular complexity index is 700. The quantitative estimate of drug-likeness (QED) is 0.497. The van der Waals surface area contributed by atoms with Crippen molar-refractivity contribution in [3.63, 3.8) is 0 Å². The average Bonchev–Trinajstić information content (AvgIpc) is 2.59. The molecule has 126 valence electrons. The van der Waals surface area contributed by atoms with Gasteiger partial charge in [-0.25, -0.2) is 0 Å². The van der Waals surface area contributed by atoms with Crippen molar-refractivity contribution in [2.24, 2.45) is 0 Å². The molecule has 0 bridgehead atoms. The molecule has 6 heteroatoms. The first-order chi connectivity index (χ1) is 11.6. The maximum atomic E-state index is 11.8. The number of carbonyl (C=O) groups is 1. The van der Waals surface area contributed by atoms with E-state index in [-0.39, 0.29) is 12.5 Å². The van der Waals surface area contributed by atoms with Gasteiger partial charge in [-0.3, -0.25) is 15.6 Å². The maximum Gasteiger partial charge on any atom is 0.257 e. The summed E-state index contributed by atoms with van der Waals surface area (Å²) in [5.74, 6) is -0.206. The van der Waals surface area contributed by atoms with Gasteiger partial charge in [-0.1, -0.05) is 36.8 Å². The number of aryl methyl sites for hydroxylation is 2. The zero-order valence-electron chi connectivity index (χ0n) is 13.8. The van der Waals surface area contributed by atoms with E-state index in [0.29, 0.717) is 5.11 Å². The Morgan fingerprint density at radius 2 is 1.79 bits per heavy atom. The Kier molecular flexibility index (Phi) is 6.57. The predicted octanol–water partition coefficient (Wildman–Crippen LogP) is 2.99. The molecule has 0 unspecified atom stereocenters. The summed E-state index contributed by atoms with van der Waals surface area (Å²) < 4.78 is 0. The summed E-state index contributed by atoms with van der Waals surface area (Å²) >= 11 is 5.17. The lowest BCUT2D eigenvalue weighted by Crippen LogP contribution is -2.45. The molecule has 0 aliphatic heterocycles. The molecule has 0 aliphatic rings. The van der Waals surface area contributed by atoms with Crippen LogP contribution in [0.25, 0.3) is 0 Å². The molecule has 2 rings (SSSR count). The van der Waals surface area contributed by atoms with Gasteiger partial charge >= 0.3 is 0 Å². The molecule has 0 fully saturated rings. The molecule has 0 spiro atoms. The van der Waals surface area contributed by atoms with E-state index in [2.05, 4.69) is 34.5 Å². The fourth-order valence-corrected chi connectivity index (χ4v) is 2.22. The highest BCUT2D eigenvalue weighted by molar-refractivity contribution is 7.80.